The summed E-state index contributed by atoms with van der Waals surface area (Å²) in [4.78, 5) is 0. The van der Waals surface area contributed by atoms with Crippen LogP contribution in [0.3, 0.4) is 0 Å². The van der Waals surface area contributed by atoms with Crippen LogP contribution in [0.25, 0.3) is 0 Å². The first-order chi connectivity index (χ1) is 8.11. The molecule has 2 rings (SSSR count). The molecular formula is C12H20ClN3O. The summed E-state index contributed by atoms with van der Waals surface area (Å²) in [6.45, 7) is 6.02. The summed E-state index contributed by atoms with van der Waals surface area (Å²) in [5, 5.41) is 18.6. The number of nitrogens with zero attached hydrogens (tertiary/aromatic N) is 2. The topological polar surface area (TPSA) is 50.1 Å². The Labute approximate surface area is 107 Å². The van der Waals surface area contributed by atoms with Gasteiger partial charge in [-0.05, 0) is 45.7 Å². The molecule has 2 heterocycles. The molecule has 96 valence electrons. The average Bonchev–Trinajstić information content (AvgIpc) is 2.71. The summed E-state index contributed by atoms with van der Waals surface area (Å²) < 4.78 is 1.83. The van der Waals surface area contributed by atoms with Crippen molar-refractivity contribution in [1.82, 2.24) is 15.1 Å². The van der Waals surface area contributed by atoms with Crippen molar-refractivity contribution in [2.24, 2.45) is 5.92 Å². The third kappa shape index (κ3) is 2.64. The van der Waals surface area contributed by atoms with Gasteiger partial charge >= 0.3 is 0 Å². The Bertz CT molecular complexity index is 372. The van der Waals surface area contributed by atoms with Gasteiger partial charge in [-0.1, -0.05) is 11.6 Å². The van der Waals surface area contributed by atoms with Gasteiger partial charge in [-0.2, -0.15) is 5.10 Å². The minimum Gasteiger partial charge on any atom is -0.386 e. The number of hydrogen-bond donors (Lipinski definition) is 2. The van der Waals surface area contributed by atoms with Crippen LogP contribution in [-0.4, -0.2) is 28.0 Å². The molecule has 1 aliphatic rings. The van der Waals surface area contributed by atoms with E-state index in [1.165, 1.54) is 0 Å². The van der Waals surface area contributed by atoms with E-state index < -0.39 is 6.10 Å². The van der Waals surface area contributed by atoms with Crippen molar-refractivity contribution < 1.29 is 5.11 Å². The second-order valence-corrected chi connectivity index (χ2v) is 5.36. The first kappa shape index (κ1) is 12.9. The van der Waals surface area contributed by atoms with Crippen LogP contribution in [0.4, 0.5) is 0 Å². The Balaban J connectivity index is 2.22. The summed E-state index contributed by atoms with van der Waals surface area (Å²) in [7, 11) is 0. The third-order valence-corrected chi connectivity index (χ3v) is 3.68. The van der Waals surface area contributed by atoms with E-state index in [2.05, 4.69) is 10.4 Å². The van der Waals surface area contributed by atoms with Crippen molar-refractivity contribution in [3.63, 3.8) is 0 Å². The molecule has 0 amide bonds. The SMILES string of the molecule is CC(C)n1ncc(Cl)c1C(O)C1CCNCC1. The predicted molar refractivity (Wildman–Crippen MR) is 68.2 cm³/mol. The Morgan fingerprint density at radius 3 is 2.71 bits per heavy atom. The quantitative estimate of drug-likeness (QED) is 0.872. The van der Waals surface area contributed by atoms with Crippen molar-refractivity contribution in [3.8, 4) is 0 Å². The van der Waals surface area contributed by atoms with Crippen LogP contribution in [0.1, 0.15) is 44.5 Å². The highest BCUT2D eigenvalue weighted by Crippen LogP contribution is 2.33. The zero-order chi connectivity index (χ0) is 12.4. The second kappa shape index (κ2) is 5.38. The number of nitrogens with one attached hydrogen (secondary N) is 1. The molecule has 17 heavy (non-hydrogen) atoms. The van der Waals surface area contributed by atoms with E-state index in [4.69, 9.17) is 11.6 Å². The summed E-state index contributed by atoms with van der Waals surface area (Å²) in [5.74, 6) is 0.281. The molecule has 5 heteroatoms. The fourth-order valence-corrected chi connectivity index (χ4v) is 2.66. The molecule has 0 aromatic carbocycles. The molecule has 1 fully saturated rings. The molecule has 1 saturated heterocycles. The van der Waals surface area contributed by atoms with E-state index in [9.17, 15) is 5.11 Å². The van der Waals surface area contributed by atoms with Crippen molar-refractivity contribution in [3.05, 3.63) is 16.9 Å². The molecule has 0 radical (unpaired) electrons. The van der Waals surface area contributed by atoms with Crippen LogP contribution in [0, 0.1) is 5.92 Å². The number of halogens is 1. The summed E-state index contributed by atoms with van der Waals surface area (Å²) >= 11 is 6.14. The fourth-order valence-electron chi connectivity index (χ4n) is 2.42. The second-order valence-electron chi connectivity index (χ2n) is 4.95. The molecular weight excluding hydrogens is 238 g/mol. The monoisotopic (exact) mass is 257 g/mol. The first-order valence-corrected chi connectivity index (χ1v) is 6.60. The maximum atomic E-state index is 10.5. The molecule has 0 saturated carbocycles. The minimum atomic E-state index is -0.505. The number of aliphatic hydroxyl groups is 1. The molecule has 1 unspecified atom stereocenters. The van der Waals surface area contributed by atoms with E-state index in [1.54, 1.807) is 6.20 Å². The number of hydrogen-bond acceptors (Lipinski definition) is 3. The van der Waals surface area contributed by atoms with Crippen LogP contribution in [0.5, 0.6) is 0 Å². The van der Waals surface area contributed by atoms with E-state index in [0.717, 1.165) is 31.6 Å². The van der Waals surface area contributed by atoms with Gasteiger partial charge < -0.3 is 10.4 Å². The molecule has 1 aromatic rings. The van der Waals surface area contributed by atoms with Gasteiger partial charge in [0.05, 0.1) is 16.9 Å². The van der Waals surface area contributed by atoms with Crippen molar-refractivity contribution in [2.45, 2.75) is 38.8 Å². The number of aliphatic hydroxyl groups excluding tert-OH is 1. The van der Waals surface area contributed by atoms with E-state index in [0.29, 0.717) is 5.02 Å². The highest BCUT2D eigenvalue weighted by Gasteiger charge is 2.28. The first-order valence-electron chi connectivity index (χ1n) is 6.23. The molecule has 4 nitrogen and oxygen atoms in total. The van der Waals surface area contributed by atoms with E-state index in [-0.39, 0.29) is 12.0 Å². The van der Waals surface area contributed by atoms with Gasteiger partial charge in [0.25, 0.3) is 0 Å². The molecule has 1 aromatic heterocycles. The fraction of sp³-hybridized carbons (Fsp3) is 0.750. The number of piperidine rings is 1. The Morgan fingerprint density at radius 1 is 1.47 bits per heavy atom. The van der Waals surface area contributed by atoms with Gasteiger partial charge in [-0.15, -0.1) is 0 Å². The van der Waals surface area contributed by atoms with Gasteiger partial charge in [0.1, 0.15) is 6.10 Å². The molecule has 0 bridgehead atoms. The Hall–Kier alpha value is -0.580. The lowest BCUT2D eigenvalue weighted by molar-refractivity contribution is 0.0796. The number of rotatable bonds is 3. The summed E-state index contributed by atoms with van der Waals surface area (Å²) in [6.07, 6.45) is 3.09. The molecule has 1 aliphatic heterocycles. The molecule has 2 N–H and O–H groups in total. The van der Waals surface area contributed by atoms with Crippen LogP contribution in [0.15, 0.2) is 6.20 Å². The normalized spacial score (nSPS) is 19.8. The largest absolute Gasteiger partial charge is 0.386 e. The van der Waals surface area contributed by atoms with Gasteiger partial charge in [0.2, 0.25) is 0 Å². The Kier molecular flexibility index (Phi) is 4.07. The van der Waals surface area contributed by atoms with Crippen LogP contribution < -0.4 is 5.32 Å². The van der Waals surface area contributed by atoms with E-state index in [1.807, 2.05) is 18.5 Å². The van der Waals surface area contributed by atoms with Crippen molar-refractivity contribution in [1.29, 1.82) is 0 Å². The molecule has 1 atom stereocenters. The van der Waals surface area contributed by atoms with Gasteiger partial charge in [-0.25, -0.2) is 0 Å². The lowest BCUT2D eigenvalue weighted by Crippen LogP contribution is -2.31. The van der Waals surface area contributed by atoms with Gasteiger partial charge in [0.15, 0.2) is 0 Å². The molecule has 0 aliphatic carbocycles. The summed E-state index contributed by atoms with van der Waals surface area (Å²) in [6, 6.07) is 0.217. The van der Waals surface area contributed by atoms with Crippen LogP contribution in [0.2, 0.25) is 5.02 Å². The smallest absolute Gasteiger partial charge is 0.100 e. The highest BCUT2D eigenvalue weighted by molar-refractivity contribution is 6.31. The number of aromatic nitrogens is 2. The maximum absolute atomic E-state index is 10.5. The summed E-state index contributed by atoms with van der Waals surface area (Å²) in [5.41, 5.74) is 0.772. The lowest BCUT2D eigenvalue weighted by Gasteiger charge is -2.28. The Morgan fingerprint density at radius 2 is 2.12 bits per heavy atom. The van der Waals surface area contributed by atoms with Gasteiger partial charge in [-0.3, -0.25) is 4.68 Å². The predicted octanol–water partition coefficient (Wildman–Crippen LogP) is 2.15. The third-order valence-electron chi connectivity index (χ3n) is 3.39. The van der Waals surface area contributed by atoms with Crippen molar-refractivity contribution >= 4 is 11.6 Å². The maximum Gasteiger partial charge on any atom is 0.100 e. The van der Waals surface area contributed by atoms with E-state index >= 15 is 0 Å². The van der Waals surface area contributed by atoms with Crippen LogP contribution in [-0.2, 0) is 0 Å². The molecule has 0 spiro atoms. The van der Waals surface area contributed by atoms with Gasteiger partial charge in [0, 0.05) is 6.04 Å². The van der Waals surface area contributed by atoms with Crippen molar-refractivity contribution in [2.75, 3.05) is 13.1 Å². The minimum absolute atomic E-state index is 0.217. The standard InChI is InChI=1S/C12H20ClN3O/c1-8(2)16-11(10(13)7-15-16)12(17)9-3-5-14-6-4-9/h7-9,12,14,17H,3-6H2,1-2H3. The zero-order valence-corrected chi connectivity index (χ0v) is 11.1. The van der Waals surface area contributed by atoms with Crippen LogP contribution >= 0.6 is 11.6 Å². The lowest BCUT2D eigenvalue weighted by atomic mass is 9.90. The zero-order valence-electron chi connectivity index (χ0n) is 10.4. The average molecular weight is 258 g/mol. The highest BCUT2D eigenvalue weighted by atomic mass is 35.5.